The summed E-state index contributed by atoms with van der Waals surface area (Å²) >= 11 is 0. The monoisotopic (exact) mass is 289 g/mol. The van der Waals surface area contributed by atoms with Gasteiger partial charge in [0.25, 0.3) is 0 Å². The third-order valence-corrected chi connectivity index (χ3v) is 2.74. The van der Waals surface area contributed by atoms with Gasteiger partial charge in [-0.3, -0.25) is 9.52 Å². The van der Waals surface area contributed by atoms with Crippen LogP contribution in [0, 0.1) is 5.82 Å². The normalized spacial score (nSPS) is 11.1. The van der Waals surface area contributed by atoms with E-state index in [1.807, 2.05) is 4.72 Å². The number of hydrogen-bond donors (Lipinski definition) is 3. The van der Waals surface area contributed by atoms with Gasteiger partial charge in [0, 0.05) is 18.7 Å². The van der Waals surface area contributed by atoms with Crippen molar-refractivity contribution in [3.05, 3.63) is 24.0 Å². The number of rotatable bonds is 6. The van der Waals surface area contributed by atoms with E-state index in [0.717, 1.165) is 12.3 Å². The first kappa shape index (κ1) is 15.4. The zero-order chi connectivity index (χ0) is 14.5. The van der Waals surface area contributed by atoms with Crippen LogP contribution in [0.2, 0.25) is 0 Å². The van der Waals surface area contributed by atoms with Crippen LogP contribution in [0.4, 0.5) is 15.8 Å². The highest BCUT2D eigenvalue weighted by Crippen LogP contribution is 2.20. The molecule has 1 rings (SSSR count). The molecule has 0 saturated heterocycles. The third kappa shape index (κ3) is 5.66. The zero-order valence-corrected chi connectivity index (χ0v) is 11.5. The van der Waals surface area contributed by atoms with E-state index in [4.69, 9.17) is 0 Å². The van der Waals surface area contributed by atoms with Gasteiger partial charge in [0.1, 0.15) is 5.82 Å². The number of hydrogen-bond acceptors (Lipinski definition) is 4. The summed E-state index contributed by atoms with van der Waals surface area (Å²) in [5.74, 6) is -0.954. The lowest BCUT2D eigenvalue weighted by molar-refractivity contribution is -0.116. The molecule has 0 radical (unpaired) electrons. The van der Waals surface area contributed by atoms with E-state index >= 15 is 0 Å². The summed E-state index contributed by atoms with van der Waals surface area (Å²) in [6.45, 7) is 0.515. The van der Waals surface area contributed by atoms with E-state index in [9.17, 15) is 17.6 Å². The maximum Gasteiger partial charge on any atom is 0.229 e. The molecule has 0 heterocycles. The summed E-state index contributed by atoms with van der Waals surface area (Å²) < 4.78 is 37.5. The van der Waals surface area contributed by atoms with Crippen LogP contribution in [-0.4, -0.2) is 34.2 Å². The Morgan fingerprint density at radius 2 is 2.05 bits per heavy atom. The number of amides is 1. The molecule has 106 valence electrons. The highest BCUT2D eigenvalue weighted by Gasteiger charge is 2.09. The molecule has 8 heteroatoms. The molecule has 19 heavy (non-hydrogen) atoms. The Labute approximate surface area is 111 Å². The second-order valence-electron chi connectivity index (χ2n) is 3.97. The van der Waals surface area contributed by atoms with E-state index in [2.05, 4.69) is 10.6 Å². The highest BCUT2D eigenvalue weighted by molar-refractivity contribution is 7.92. The molecule has 3 N–H and O–H groups in total. The fraction of sp³-hybridized carbons (Fsp3) is 0.364. The van der Waals surface area contributed by atoms with Gasteiger partial charge in [-0.25, -0.2) is 12.8 Å². The fourth-order valence-electron chi connectivity index (χ4n) is 1.34. The van der Waals surface area contributed by atoms with Gasteiger partial charge in [-0.2, -0.15) is 0 Å². The number of nitrogens with one attached hydrogen (secondary N) is 3. The molecule has 0 aliphatic rings. The first-order valence-corrected chi connectivity index (χ1v) is 7.43. The molecule has 0 spiro atoms. The Morgan fingerprint density at radius 1 is 1.37 bits per heavy atom. The van der Waals surface area contributed by atoms with Crippen molar-refractivity contribution >= 4 is 27.3 Å². The summed E-state index contributed by atoms with van der Waals surface area (Å²) in [6.07, 6.45) is 1.19. The molecular formula is C11H16FN3O3S. The number of halogens is 1. The Morgan fingerprint density at radius 3 is 2.63 bits per heavy atom. The lowest BCUT2D eigenvalue weighted by Crippen LogP contribution is -2.19. The van der Waals surface area contributed by atoms with Gasteiger partial charge in [-0.15, -0.1) is 0 Å². The van der Waals surface area contributed by atoms with E-state index in [1.54, 1.807) is 7.05 Å². The van der Waals surface area contributed by atoms with E-state index < -0.39 is 15.8 Å². The molecule has 1 aromatic rings. The molecular weight excluding hydrogens is 273 g/mol. The van der Waals surface area contributed by atoms with Crippen molar-refractivity contribution in [3.8, 4) is 0 Å². The smallest absolute Gasteiger partial charge is 0.229 e. The standard InChI is InChI=1S/C11H16FN3O3S/c1-13-6-5-11(16)14-8-3-4-9(12)10(7-8)15-19(2,17)18/h3-4,7,13,15H,5-6H2,1-2H3,(H,14,16). The molecule has 0 atom stereocenters. The maximum absolute atomic E-state index is 13.4. The van der Waals surface area contributed by atoms with Crippen molar-refractivity contribution in [1.29, 1.82) is 0 Å². The van der Waals surface area contributed by atoms with Crippen molar-refractivity contribution < 1.29 is 17.6 Å². The largest absolute Gasteiger partial charge is 0.326 e. The van der Waals surface area contributed by atoms with Crippen LogP contribution in [0.3, 0.4) is 0 Å². The Balaban J connectivity index is 2.81. The molecule has 0 aromatic heterocycles. The summed E-state index contributed by atoms with van der Waals surface area (Å²) in [6, 6.07) is 3.68. The second kappa shape index (κ2) is 6.48. The fourth-order valence-corrected chi connectivity index (χ4v) is 1.90. The molecule has 1 amide bonds. The van der Waals surface area contributed by atoms with Gasteiger partial charge in [0.2, 0.25) is 15.9 Å². The predicted molar refractivity (Wildman–Crippen MR) is 72.0 cm³/mol. The van der Waals surface area contributed by atoms with Gasteiger partial charge in [0.15, 0.2) is 0 Å². The molecule has 0 unspecified atom stereocenters. The Bertz CT molecular complexity index is 560. The number of sulfonamides is 1. The lowest BCUT2D eigenvalue weighted by atomic mass is 10.2. The molecule has 0 fully saturated rings. The molecule has 1 aromatic carbocycles. The third-order valence-electron chi connectivity index (χ3n) is 2.15. The minimum atomic E-state index is -3.57. The van der Waals surface area contributed by atoms with Crippen LogP contribution in [0.5, 0.6) is 0 Å². The van der Waals surface area contributed by atoms with Crippen molar-refractivity contribution in [2.45, 2.75) is 6.42 Å². The topological polar surface area (TPSA) is 87.3 Å². The van der Waals surface area contributed by atoms with E-state index in [-0.39, 0.29) is 18.0 Å². The van der Waals surface area contributed by atoms with Crippen LogP contribution in [0.1, 0.15) is 6.42 Å². The van der Waals surface area contributed by atoms with Crippen LogP contribution in [0.15, 0.2) is 18.2 Å². The number of carbonyl (C=O) groups excluding carboxylic acids is 1. The highest BCUT2D eigenvalue weighted by atomic mass is 32.2. The molecule has 0 aliphatic carbocycles. The summed E-state index contributed by atoms with van der Waals surface area (Å²) in [4.78, 5) is 11.5. The van der Waals surface area contributed by atoms with Gasteiger partial charge in [0.05, 0.1) is 11.9 Å². The zero-order valence-electron chi connectivity index (χ0n) is 10.7. The Kier molecular flexibility index (Phi) is 5.25. The average Bonchev–Trinajstić information content (AvgIpc) is 2.29. The maximum atomic E-state index is 13.4. The minimum Gasteiger partial charge on any atom is -0.326 e. The van der Waals surface area contributed by atoms with Gasteiger partial charge < -0.3 is 10.6 Å². The molecule has 0 aliphatic heterocycles. The summed E-state index contributed by atoms with van der Waals surface area (Å²) in [5.41, 5.74) is 0.127. The van der Waals surface area contributed by atoms with Gasteiger partial charge in [-0.1, -0.05) is 0 Å². The van der Waals surface area contributed by atoms with Crippen LogP contribution in [-0.2, 0) is 14.8 Å². The van der Waals surface area contributed by atoms with E-state index in [1.165, 1.54) is 12.1 Å². The SMILES string of the molecule is CNCCC(=O)Nc1ccc(F)c(NS(C)(=O)=O)c1. The van der Waals surface area contributed by atoms with Crippen molar-refractivity contribution in [2.24, 2.45) is 0 Å². The van der Waals surface area contributed by atoms with Crippen LogP contribution >= 0.6 is 0 Å². The van der Waals surface area contributed by atoms with Crippen molar-refractivity contribution in [3.63, 3.8) is 0 Å². The predicted octanol–water partition coefficient (Wildman–Crippen LogP) is 0.745. The number of anilines is 2. The lowest BCUT2D eigenvalue weighted by Gasteiger charge is -2.09. The van der Waals surface area contributed by atoms with Gasteiger partial charge in [-0.05, 0) is 25.2 Å². The second-order valence-corrected chi connectivity index (χ2v) is 5.72. The first-order valence-electron chi connectivity index (χ1n) is 5.53. The quantitative estimate of drug-likeness (QED) is 0.721. The first-order chi connectivity index (χ1) is 8.81. The molecule has 6 nitrogen and oxygen atoms in total. The van der Waals surface area contributed by atoms with Crippen molar-refractivity contribution in [2.75, 3.05) is 29.9 Å². The van der Waals surface area contributed by atoms with Crippen LogP contribution in [0.25, 0.3) is 0 Å². The minimum absolute atomic E-state index is 0.200. The van der Waals surface area contributed by atoms with E-state index in [0.29, 0.717) is 12.2 Å². The Hall–Kier alpha value is -1.67. The number of benzene rings is 1. The number of carbonyl (C=O) groups is 1. The van der Waals surface area contributed by atoms with Crippen molar-refractivity contribution in [1.82, 2.24) is 5.32 Å². The van der Waals surface area contributed by atoms with Gasteiger partial charge >= 0.3 is 0 Å². The molecule has 0 saturated carbocycles. The summed E-state index contributed by atoms with van der Waals surface area (Å²) in [7, 11) is -1.85. The average molecular weight is 289 g/mol. The summed E-state index contributed by atoms with van der Waals surface area (Å²) in [5, 5.41) is 5.37. The molecule has 0 bridgehead atoms. The van der Waals surface area contributed by atoms with Crippen LogP contribution < -0.4 is 15.4 Å².